The van der Waals surface area contributed by atoms with Crippen LogP contribution in [0, 0.1) is 0 Å². The summed E-state index contributed by atoms with van der Waals surface area (Å²) in [5, 5.41) is 0.840. The van der Waals surface area contributed by atoms with Crippen molar-refractivity contribution in [3.05, 3.63) is 36.0 Å². The number of benzene rings is 1. The molecule has 0 amide bonds. The van der Waals surface area contributed by atoms with Gasteiger partial charge in [-0.05, 0) is 12.5 Å². The number of carbonyl (C=O) groups is 2. The maximum atomic E-state index is 12.0. The number of hydrogen-bond donors (Lipinski definition) is 0. The molecule has 0 bridgehead atoms. The molecule has 3 heteroatoms. The Bertz CT molecular complexity index is 554. The van der Waals surface area contributed by atoms with Gasteiger partial charge in [-0.25, -0.2) is 0 Å². The zero-order valence-corrected chi connectivity index (χ0v) is 9.85. The van der Waals surface area contributed by atoms with Gasteiger partial charge in [-0.2, -0.15) is 0 Å². The highest BCUT2D eigenvalue weighted by atomic mass is 16.2. The molecule has 0 aliphatic heterocycles. The lowest BCUT2D eigenvalue weighted by Gasteiger charge is -2.02. The van der Waals surface area contributed by atoms with E-state index in [9.17, 15) is 9.59 Å². The molecule has 1 heterocycles. The van der Waals surface area contributed by atoms with Crippen molar-refractivity contribution in [3.63, 3.8) is 0 Å². The second kappa shape index (κ2) is 4.95. The van der Waals surface area contributed by atoms with Crippen LogP contribution in [0.3, 0.4) is 0 Å². The van der Waals surface area contributed by atoms with Crippen LogP contribution in [-0.4, -0.2) is 16.8 Å². The van der Waals surface area contributed by atoms with E-state index in [2.05, 4.69) is 6.92 Å². The number of para-hydroxylation sites is 1. The summed E-state index contributed by atoms with van der Waals surface area (Å²) in [4.78, 5) is 22.9. The summed E-state index contributed by atoms with van der Waals surface area (Å²) in [6.45, 7) is 2.05. The van der Waals surface area contributed by atoms with E-state index in [1.807, 2.05) is 24.3 Å². The first-order chi connectivity index (χ1) is 8.27. The molecule has 0 fully saturated rings. The summed E-state index contributed by atoms with van der Waals surface area (Å²) in [6.07, 6.45) is 4.82. The van der Waals surface area contributed by atoms with E-state index in [-0.39, 0.29) is 5.91 Å². The Balaban J connectivity index is 2.47. The van der Waals surface area contributed by atoms with Crippen LogP contribution in [0.5, 0.6) is 0 Å². The zero-order valence-electron chi connectivity index (χ0n) is 9.85. The van der Waals surface area contributed by atoms with Crippen LogP contribution in [-0.2, 0) is 0 Å². The molecule has 1 aromatic carbocycles. The second-order valence-electron chi connectivity index (χ2n) is 4.09. The van der Waals surface area contributed by atoms with E-state index < -0.39 is 0 Å². The van der Waals surface area contributed by atoms with Gasteiger partial charge in [0.1, 0.15) is 0 Å². The normalized spacial score (nSPS) is 10.6. The minimum absolute atomic E-state index is 0.0520. The van der Waals surface area contributed by atoms with Crippen molar-refractivity contribution < 1.29 is 9.59 Å². The van der Waals surface area contributed by atoms with Gasteiger partial charge in [0.15, 0.2) is 6.29 Å². The smallest absolute Gasteiger partial charge is 0.231 e. The van der Waals surface area contributed by atoms with Crippen molar-refractivity contribution >= 4 is 23.1 Å². The van der Waals surface area contributed by atoms with Gasteiger partial charge in [0, 0.05) is 23.6 Å². The Morgan fingerprint density at radius 1 is 1.35 bits per heavy atom. The van der Waals surface area contributed by atoms with Gasteiger partial charge in [0.25, 0.3) is 0 Å². The number of nitrogens with zero attached hydrogens (tertiary/aromatic N) is 1. The van der Waals surface area contributed by atoms with Gasteiger partial charge in [0.05, 0.1) is 5.52 Å². The first-order valence-electron chi connectivity index (χ1n) is 5.86. The molecule has 88 valence electrons. The highest BCUT2D eigenvalue weighted by Crippen LogP contribution is 2.20. The molecule has 0 unspecified atom stereocenters. The lowest BCUT2D eigenvalue weighted by atomic mass is 10.2. The van der Waals surface area contributed by atoms with Crippen LogP contribution in [0.15, 0.2) is 30.5 Å². The molecular formula is C14H15NO2. The maximum Gasteiger partial charge on any atom is 0.231 e. The molecule has 0 saturated carbocycles. The summed E-state index contributed by atoms with van der Waals surface area (Å²) >= 11 is 0. The minimum atomic E-state index is 0.0520. The Morgan fingerprint density at radius 3 is 2.82 bits per heavy atom. The third kappa shape index (κ3) is 2.13. The van der Waals surface area contributed by atoms with Crippen LogP contribution in [0.1, 0.15) is 41.3 Å². The summed E-state index contributed by atoms with van der Waals surface area (Å²) in [5.74, 6) is 0.0520. The third-order valence-corrected chi connectivity index (χ3v) is 2.88. The quantitative estimate of drug-likeness (QED) is 0.755. The zero-order chi connectivity index (χ0) is 12.3. The molecule has 0 aliphatic rings. The fourth-order valence-electron chi connectivity index (χ4n) is 1.95. The molecule has 0 saturated heterocycles. The molecule has 2 rings (SSSR count). The fraction of sp³-hybridized carbons (Fsp3) is 0.286. The van der Waals surface area contributed by atoms with Gasteiger partial charge >= 0.3 is 0 Å². The van der Waals surface area contributed by atoms with Crippen molar-refractivity contribution in [2.24, 2.45) is 0 Å². The van der Waals surface area contributed by atoms with Gasteiger partial charge in [-0.15, -0.1) is 0 Å². The maximum absolute atomic E-state index is 12.0. The number of rotatable bonds is 4. The first kappa shape index (κ1) is 11.6. The minimum Gasteiger partial charge on any atom is -0.298 e. The van der Waals surface area contributed by atoms with E-state index in [4.69, 9.17) is 0 Å². The highest BCUT2D eigenvalue weighted by Gasteiger charge is 2.12. The van der Waals surface area contributed by atoms with Crippen LogP contribution in [0.25, 0.3) is 10.9 Å². The number of unbranched alkanes of at least 4 members (excludes halogenated alkanes) is 1. The van der Waals surface area contributed by atoms with Crippen molar-refractivity contribution in [2.75, 3.05) is 0 Å². The monoisotopic (exact) mass is 229 g/mol. The van der Waals surface area contributed by atoms with Gasteiger partial charge in [0.2, 0.25) is 5.91 Å². The predicted molar refractivity (Wildman–Crippen MR) is 67.5 cm³/mol. The number of aldehydes is 1. The van der Waals surface area contributed by atoms with Crippen LogP contribution < -0.4 is 0 Å². The molecule has 1 aromatic heterocycles. The number of aromatic nitrogens is 1. The molecule has 17 heavy (non-hydrogen) atoms. The molecule has 2 aromatic rings. The van der Waals surface area contributed by atoms with Crippen LogP contribution in [0.2, 0.25) is 0 Å². The molecular weight excluding hydrogens is 214 g/mol. The van der Waals surface area contributed by atoms with E-state index in [1.165, 1.54) is 0 Å². The largest absolute Gasteiger partial charge is 0.298 e. The Hall–Kier alpha value is -1.90. The average molecular weight is 229 g/mol. The lowest BCUT2D eigenvalue weighted by Crippen LogP contribution is -2.08. The van der Waals surface area contributed by atoms with Crippen molar-refractivity contribution in [1.29, 1.82) is 0 Å². The summed E-state index contributed by atoms with van der Waals surface area (Å²) in [5.41, 5.74) is 1.39. The second-order valence-corrected chi connectivity index (χ2v) is 4.09. The van der Waals surface area contributed by atoms with Crippen molar-refractivity contribution in [1.82, 2.24) is 4.57 Å². The highest BCUT2D eigenvalue weighted by molar-refractivity contribution is 6.02. The Kier molecular flexibility index (Phi) is 3.38. The number of fused-ring (bicyclic) bond motifs is 1. The molecule has 0 N–H and O–H groups in total. The van der Waals surface area contributed by atoms with E-state index in [1.54, 1.807) is 10.8 Å². The SMILES string of the molecule is CCCCC(=O)n1cc(C=O)c2ccccc21. The molecule has 0 atom stereocenters. The Morgan fingerprint density at radius 2 is 2.12 bits per heavy atom. The van der Waals surface area contributed by atoms with Crippen molar-refractivity contribution in [2.45, 2.75) is 26.2 Å². The predicted octanol–water partition coefficient (Wildman–Crippen LogP) is 3.28. The van der Waals surface area contributed by atoms with E-state index in [0.29, 0.717) is 12.0 Å². The van der Waals surface area contributed by atoms with Crippen molar-refractivity contribution in [3.8, 4) is 0 Å². The molecule has 0 radical (unpaired) electrons. The van der Waals surface area contributed by atoms with Crippen LogP contribution >= 0.6 is 0 Å². The summed E-state index contributed by atoms with van der Waals surface area (Å²) < 4.78 is 1.59. The van der Waals surface area contributed by atoms with Gasteiger partial charge < -0.3 is 0 Å². The molecule has 0 spiro atoms. The summed E-state index contributed by atoms with van der Waals surface area (Å²) in [6, 6.07) is 7.48. The number of carbonyl (C=O) groups excluding carboxylic acids is 2. The lowest BCUT2D eigenvalue weighted by molar-refractivity contribution is 0.0905. The first-order valence-corrected chi connectivity index (χ1v) is 5.86. The van der Waals surface area contributed by atoms with Crippen LogP contribution in [0.4, 0.5) is 0 Å². The standard InChI is InChI=1S/C14H15NO2/c1-2-3-8-14(17)15-9-11(10-16)12-6-4-5-7-13(12)15/h4-7,9-10H,2-3,8H2,1H3. The van der Waals surface area contributed by atoms with E-state index >= 15 is 0 Å². The summed E-state index contributed by atoms with van der Waals surface area (Å²) in [7, 11) is 0. The Labute approximate surface area is 100 Å². The topological polar surface area (TPSA) is 39.1 Å². The van der Waals surface area contributed by atoms with Gasteiger partial charge in [-0.1, -0.05) is 31.5 Å². The fourth-order valence-corrected chi connectivity index (χ4v) is 1.95. The van der Waals surface area contributed by atoms with Gasteiger partial charge in [-0.3, -0.25) is 14.2 Å². The molecule has 3 nitrogen and oxygen atoms in total. The average Bonchev–Trinajstić information content (AvgIpc) is 2.75. The number of hydrogen-bond acceptors (Lipinski definition) is 2. The third-order valence-electron chi connectivity index (χ3n) is 2.88. The molecule has 0 aliphatic carbocycles. The van der Waals surface area contributed by atoms with E-state index in [0.717, 1.165) is 30.0 Å².